The number of aromatic amines is 1. The molecule has 0 aliphatic carbocycles. The molecule has 2 heterocycles. The standard InChI is InChI=1S/C20H21N3O2/c24-19(14-4-2-1-3-5-14)15-8-10-23(11-9-15)20(25)16-6-7-17-18(12-16)22-13-21-17/h1-7,12-13,15,19,24H,8-11H2,(H,21,22). The topological polar surface area (TPSA) is 69.2 Å². The van der Waals surface area contributed by atoms with Crippen LogP contribution in [0.15, 0.2) is 54.9 Å². The van der Waals surface area contributed by atoms with Crippen molar-refractivity contribution in [2.45, 2.75) is 18.9 Å². The van der Waals surface area contributed by atoms with Crippen molar-refractivity contribution in [1.82, 2.24) is 14.9 Å². The van der Waals surface area contributed by atoms with Crippen molar-refractivity contribution in [1.29, 1.82) is 0 Å². The summed E-state index contributed by atoms with van der Waals surface area (Å²) in [4.78, 5) is 21.8. The molecule has 0 radical (unpaired) electrons. The Morgan fingerprint density at radius 1 is 1.16 bits per heavy atom. The summed E-state index contributed by atoms with van der Waals surface area (Å²) in [5, 5.41) is 10.6. The van der Waals surface area contributed by atoms with Crippen LogP contribution in [-0.2, 0) is 0 Å². The zero-order valence-electron chi connectivity index (χ0n) is 13.9. The van der Waals surface area contributed by atoms with Crippen LogP contribution in [0, 0.1) is 5.92 Å². The number of fused-ring (bicyclic) bond motifs is 1. The SMILES string of the molecule is O=C(c1ccc2nc[nH]c2c1)N1CCC(C(O)c2ccccc2)CC1. The summed E-state index contributed by atoms with van der Waals surface area (Å²) in [6.07, 6.45) is 2.80. The zero-order valence-corrected chi connectivity index (χ0v) is 13.9. The first-order valence-corrected chi connectivity index (χ1v) is 8.68. The molecule has 0 bridgehead atoms. The molecule has 1 saturated heterocycles. The van der Waals surface area contributed by atoms with Crippen molar-refractivity contribution in [2.75, 3.05) is 13.1 Å². The Labute approximate surface area is 146 Å². The molecule has 2 aromatic carbocycles. The van der Waals surface area contributed by atoms with Gasteiger partial charge in [0.05, 0.1) is 23.5 Å². The first-order valence-electron chi connectivity index (χ1n) is 8.68. The number of carbonyl (C=O) groups excluding carboxylic acids is 1. The summed E-state index contributed by atoms with van der Waals surface area (Å²) < 4.78 is 0. The minimum atomic E-state index is -0.459. The number of piperidine rings is 1. The van der Waals surface area contributed by atoms with Crippen LogP contribution in [0.1, 0.15) is 34.9 Å². The Morgan fingerprint density at radius 2 is 1.92 bits per heavy atom. The van der Waals surface area contributed by atoms with Crippen LogP contribution < -0.4 is 0 Å². The van der Waals surface area contributed by atoms with E-state index in [9.17, 15) is 9.90 Å². The highest BCUT2D eigenvalue weighted by atomic mass is 16.3. The molecule has 2 N–H and O–H groups in total. The summed E-state index contributed by atoms with van der Waals surface area (Å²) in [6, 6.07) is 15.3. The maximum Gasteiger partial charge on any atom is 0.253 e. The molecule has 1 aromatic heterocycles. The van der Waals surface area contributed by atoms with Crippen molar-refractivity contribution in [3.05, 3.63) is 66.0 Å². The molecule has 1 amide bonds. The lowest BCUT2D eigenvalue weighted by Crippen LogP contribution is -2.39. The van der Waals surface area contributed by atoms with E-state index in [0.29, 0.717) is 18.7 Å². The van der Waals surface area contributed by atoms with Gasteiger partial charge in [-0.3, -0.25) is 4.79 Å². The van der Waals surface area contributed by atoms with Crippen LogP contribution in [0.3, 0.4) is 0 Å². The first-order chi connectivity index (χ1) is 12.2. The Morgan fingerprint density at radius 3 is 2.68 bits per heavy atom. The van der Waals surface area contributed by atoms with Crippen molar-refractivity contribution in [2.24, 2.45) is 5.92 Å². The molecule has 5 nitrogen and oxygen atoms in total. The molecule has 128 valence electrons. The van der Waals surface area contributed by atoms with Gasteiger partial charge in [-0.1, -0.05) is 30.3 Å². The Bertz CT molecular complexity index is 867. The lowest BCUT2D eigenvalue weighted by atomic mass is 9.87. The number of aliphatic hydroxyl groups excluding tert-OH is 1. The van der Waals surface area contributed by atoms with Gasteiger partial charge in [-0.05, 0) is 42.5 Å². The largest absolute Gasteiger partial charge is 0.388 e. The average molecular weight is 335 g/mol. The number of hydrogen-bond donors (Lipinski definition) is 2. The van der Waals surface area contributed by atoms with Crippen molar-refractivity contribution >= 4 is 16.9 Å². The molecular formula is C20H21N3O2. The highest BCUT2D eigenvalue weighted by Gasteiger charge is 2.28. The molecular weight excluding hydrogens is 314 g/mol. The van der Waals surface area contributed by atoms with E-state index in [-0.39, 0.29) is 11.8 Å². The van der Waals surface area contributed by atoms with Gasteiger partial charge in [-0.15, -0.1) is 0 Å². The smallest absolute Gasteiger partial charge is 0.253 e. The Hall–Kier alpha value is -2.66. The summed E-state index contributed by atoms with van der Waals surface area (Å²) in [5.41, 5.74) is 3.37. The second kappa shape index (κ2) is 6.69. The van der Waals surface area contributed by atoms with Crippen LogP contribution in [0.25, 0.3) is 11.0 Å². The van der Waals surface area contributed by atoms with Gasteiger partial charge in [0.25, 0.3) is 5.91 Å². The molecule has 25 heavy (non-hydrogen) atoms. The number of nitrogens with zero attached hydrogens (tertiary/aromatic N) is 2. The number of carbonyl (C=O) groups is 1. The number of nitrogens with one attached hydrogen (secondary N) is 1. The highest BCUT2D eigenvalue weighted by Crippen LogP contribution is 2.31. The summed E-state index contributed by atoms with van der Waals surface area (Å²) >= 11 is 0. The van der Waals surface area contributed by atoms with E-state index in [0.717, 1.165) is 29.4 Å². The van der Waals surface area contributed by atoms with Gasteiger partial charge in [-0.2, -0.15) is 0 Å². The number of benzene rings is 2. The lowest BCUT2D eigenvalue weighted by Gasteiger charge is -2.34. The van der Waals surface area contributed by atoms with Gasteiger partial charge in [0, 0.05) is 18.7 Å². The second-order valence-electron chi connectivity index (χ2n) is 6.62. The predicted octanol–water partition coefficient (Wildman–Crippen LogP) is 3.15. The van der Waals surface area contributed by atoms with Crippen molar-refractivity contribution in [3.8, 4) is 0 Å². The van der Waals surface area contributed by atoms with Crippen LogP contribution in [0.2, 0.25) is 0 Å². The van der Waals surface area contributed by atoms with Gasteiger partial charge >= 0.3 is 0 Å². The van der Waals surface area contributed by atoms with E-state index in [1.54, 1.807) is 6.33 Å². The highest BCUT2D eigenvalue weighted by molar-refractivity contribution is 5.97. The minimum absolute atomic E-state index is 0.0455. The Balaban J connectivity index is 1.42. The van der Waals surface area contributed by atoms with E-state index < -0.39 is 6.10 Å². The van der Waals surface area contributed by atoms with E-state index in [1.165, 1.54) is 0 Å². The molecule has 4 rings (SSSR count). The number of aromatic nitrogens is 2. The molecule has 0 saturated carbocycles. The molecule has 1 unspecified atom stereocenters. The normalized spacial score (nSPS) is 16.9. The molecule has 0 spiro atoms. The maximum atomic E-state index is 12.7. The van der Waals surface area contributed by atoms with Gasteiger partial charge in [0.1, 0.15) is 0 Å². The molecule has 3 aromatic rings. The number of likely N-dealkylation sites (tertiary alicyclic amines) is 1. The number of hydrogen-bond acceptors (Lipinski definition) is 3. The first kappa shape index (κ1) is 15.8. The van der Waals surface area contributed by atoms with Gasteiger partial charge in [0.2, 0.25) is 0 Å². The van der Waals surface area contributed by atoms with Crippen LogP contribution in [0.4, 0.5) is 0 Å². The number of amides is 1. The van der Waals surface area contributed by atoms with Gasteiger partial charge in [-0.25, -0.2) is 4.98 Å². The molecule has 1 atom stereocenters. The summed E-state index contributed by atoms with van der Waals surface area (Å²) in [6.45, 7) is 1.35. The molecule has 1 aliphatic rings. The van der Waals surface area contributed by atoms with E-state index >= 15 is 0 Å². The summed E-state index contributed by atoms with van der Waals surface area (Å²) in [7, 11) is 0. The molecule has 1 fully saturated rings. The van der Waals surface area contributed by atoms with E-state index in [4.69, 9.17) is 0 Å². The summed E-state index contributed by atoms with van der Waals surface area (Å²) in [5.74, 6) is 0.241. The Kier molecular flexibility index (Phi) is 4.24. The van der Waals surface area contributed by atoms with Crippen molar-refractivity contribution < 1.29 is 9.90 Å². The molecule has 1 aliphatic heterocycles. The van der Waals surface area contributed by atoms with Crippen LogP contribution in [-0.4, -0.2) is 39.0 Å². The third-order valence-corrected chi connectivity index (χ3v) is 5.08. The molecule has 5 heteroatoms. The van der Waals surface area contributed by atoms with E-state index in [2.05, 4.69) is 9.97 Å². The van der Waals surface area contributed by atoms with Crippen LogP contribution >= 0.6 is 0 Å². The fraction of sp³-hybridized carbons (Fsp3) is 0.300. The number of H-pyrrole nitrogens is 1. The maximum absolute atomic E-state index is 12.7. The van der Waals surface area contributed by atoms with Gasteiger partial charge in [0.15, 0.2) is 0 Å². The second-order valence-corrected chi connectivity index (χ2v) is 6.62. The fourth-order valence-corrected chi connectivity index (χ4v) is 3.59. The third kappa shape index (κ3) is 3.15. The van der Waals surface area contributed by atoms with E-state index in [1.807, 2.05) is 53.4 Å². The fourth-order valence-electron chi connectivity index (χ4n) is 3.59. The van der Waals surface area contributed by atoms with Gasteiger partial charge < -0.3 is 15.0 Å². The third-order valence-electron chi connectivity index (χ3n) is 5.08. The predicted molar refractivity (Wildman–Crippen MR) is 96.1 cm³/mol. The minimum Gasteiger partial charge on any atom is -0.388 e. The van der Waals surface area contributed by atoms with Crippen molar-refractivity contribution in [3.63, 3.8) is 0 Å². The average Bonchev–Trinajstić information content (AvgIpc) is 3.15. The number of aliphatic hydroxyl groups is 1. The number of rotatable bonds is 3. The quantitative estimate of drug-likeness (QED) is 0.772. The number of imidazole rings is 1. The lowest BCUT2D eigenvalue weighted by molar-refractivity contribution is 0.0462. The van der Waals surface area contributed by atoms with Crippen LogP contribution in [0.5, 0.6) is 0 Å². The zero-order chi connectivity index (χ0) is 17.2. The monoisotopic (exact) mass is 335 g/mol.